The second-order valence-electron chi connectivity index (χ2n) is 5.89. The average molecular weight is 279 g/mol. The second kappa shape index (κ2) is 5.09. The van der Waals surface area contributed by atoms with Crippen molar-refractivity contribution >= 4 is 6.09 Å². The van der Waals surface area contributed by atoms with E-state index in [0.29, 0.717) is 12.4 Å². The largest absolute Gasteiger partial charge is 0.449 e. The molecule has 0 N–H and O–H groups in total. The van der Waals surface area contributed by atoms with Crippen LogP contribution in [0.25, 0.3) is 0 Å². The Kier molecular flexibility index (Phi) is 3.41. The predicted molar refractivity (Wildman–Crippen MR) is 72.2 cm³/mol. The number of carbonyl (C=O) groups is 1. The molecule has 2 aliphatic heterocycles. The maximum absolute atomic E-state index is 11.6. The fraction of sp³-hybridized carbons (Fsp3) is 0.714. The lowest BCUT2D eigenvalue weighted by molar-refractivity contribution is 0.0442. The molecular formula is C14H21N3O3. The van der Waals surface area contributed by atoms with Crippen LogP contribution in [0.4, 0.5) is 4.79 Å². The van der Waals surface area contributed by atoms with E-state index in [4.69, 9.17) is 9.15 Å². The van der Waals surface area contributed by atoms with Gasteiger partial charge in [0.2, 0.25) is 0 Å². The Morgan fingerprint density at radius 1 is 1.40 bits per heavy atom. The van der Waals surface area contributed by atoms with Gasteiger partial charge in [0.25, 0.3) is 0 Å². The van der Waals surface area contributed by atoms with Crippen molar-refractivity contribution in [3.05, 3.63) is 17.8 Å². The SMILES string of the molecule is Cc1nc(CN2CCC[C@]3(CC2)CN(C)C(=O)O3)co1. The first-order chi connectivity index (χ1) is 9.56. The monoisotopic (exact) mass is 279 g/mol. The Labute approximate surface area is 118 Å². The van der Waals surface area contributed by atoms with E-state index < -0.39 is 0 Å². The van der Waals surface area contributed by atoms with Crippen LogP contribution in [0.1, 0.15) is 30.8 Å². The quantitative estimate of drug-likeness (QED) is 0.826. The number of amides is 1. The molecule has 6 nitrogen and oxygen atoms in total. The van der Waals surface area contributed by atoms with Gasteiger partial charge in [-0.15, -0.1) is 0 Å². The van der Waals surface area contributed by atoms with Gasteiger partial charge in [-0.25, -0.2) is 9.78 Å². The fourth-order valence-corrected chi connectivity index (χ4v) is 3.14. The molecular weight excluding hydrogens is 258 g/mol. The third-order valence-corrected chi connectivity index (χ3v) is 4.18. The van der Waals surface area contributed by atoms with Crippen molar-refractivity contribution in [2.24, 2.45) is 0 Å². The summed E-state index contributed by atoms with van der Waals surface area (Å²) in [5, 5.41) is 0. The molecule has 0 aliphatic carbocycles. The summed E-state index contributed by atoms with van der Waals surface area (Å²) in [6.07, 6.45) is 4.40. The number of likely N-dealkylation sites (N-methyl/N-ethyl adjacent to an activating group) is 1. The van der Waals surface area contributed by atoms with Crippen molar-refractivity contribution in [3.63, 3.8) is 0 Å². The summed E-state index contributed by atoms with van der Waals surface area (Å²) in [6.45, 7) is 5.30. The summed E-state index contributed by atoms with van der Waals surface area (Å²) in [4.78, 5) is 20.0. The van der Waals surface area contributed by atoms with Gasteiger partial charge >= 0.3 is 6.09 Å². The van der Waals surface area contributed by atoms with E-state index in [2.05, 4.69) is 9.88 Å². The molecule has 3 heterocycles. The summed E-state index contributed by atoms with van der Waals surface area (Å²) in [5.41, 5.74) is 0.694. The molecule has 6 heteroatoms. The summed E-state index contributed by atoms with van der Waals surface area (Å²) in [6, 6.07) is 0. The number of likely N-dealkylation sites (tertiary alicyclic amines) is 1. The minimum absolute atomic E-state index is 0.189. The van der Waals surface area contributed by atoms with E-state index in [0.717, 1.165) is 44.6 Å². The summed E-state index contributed by atoms with van der Waals surface area (Å²) in [5.74, 6) is 0.706. The highest BCUT2D eigenvalue weighted by Gasteiger charge is 2.44. The Bertz CT molecular complexity index is 502. The van der Waals surface area contributed by atoms with Crippen molar-refractivity contribution in [1.29, 1.82) is 0 Å². The van der Waals surface area contributed by atoms with Crippen LogP contribution in [0.5, 0.6) is 0 Å². The first-order valence-corrected chi connectivity index (χ1v) is 7.14. The molecule has 0 radical (unpaired) electrons. The first-order valence-electron chi connectivity index (χ1n) is 7.14. The van der Waals surface area contributed by atoms with Crippen LogP contribution in [-0.4, -0.2) is 53.2 Å². The maximum Gasteiger partial charge on any atom is 0.410 e. The van der Waals surface area contributed by atoms with Crippen molar-refractivity contribution in [2.45, 2.75) is 38.3 Å². The van der Waals surface area contributed by atoms with Crippen LogP contribution in [0.3, 0.4) is 0 Å². The van der Waals surface area contributed by atoms with Crippen LogP contribution >= 0.6 is 0 Å². The van der Waals surface area contributed by atoms with Crippen LogP contribution < -0.4 is 0 Å². The normalized spacial score (nSPS) is 27.9. The highest BCUT2D eigenvalue weighted by molar-refractivity contribution is 5.70. The minimum Gasteiger partial charge on any atom is -0.449 e. The van der Waals surface area contributed by atoms with E-state index in [9.17, 15) is 4.79 Å². The lowest BCUT2D eigenvalue weighted by Gasteiger charge is -2.25. The Morgan fingerprint density at radius 2 is 2.25 bits per heavy atom. The molecule has 0 saturated carbocycles. The van der Waals surface area contributed by atoms with Crippen molar-refractivity contribution in [2.75, 3.05) is 26.7 Å². The van der Waals surface area contributed by atoms with E-state index in [1.54, 1.807) is 18.2 Å². The Morgan fingerprint density at radius 3 is 2.90 bits per heavy atom. The minimum atomic E-state index is -0.277. The van der Waals surface area contributed by atoms with Gasteiger partial charge < -0.3 is 14.1 Å². The molecule has 1 amide bonds. The number of aryl methyl sites for hydroxylation is 1. The lowest BCUT2D eigenvalue weighted by atomic mass is 9.95. The fourth-order valence-electron chi connectivity index (χ4n) is 3.14. The van der Waals surface area contributed by atoms with Gasteiger partial charge in [-0.1, -0.05) is 0 Å². The van der Waals surface area contributed by atoms with Crippen LogP contribution in [0, 0.1) is 6.92 Å². The predicted octanol–water partition coefficient (Wildman–Crippen LogP) is 1.79. The van der Waals surface area contributed by atoms with Crippen molar-refractivity contribution in [3.8, 4) is 0 Å². The van der Waals surface area contributed by atoms with E-state index >= 15 is 0 Å². The smallest absolute Gasteiger partial charge is 0.410 e. The molecule has 2 fully saturated rings. The number of aromatic nitrogens is 1. The molecule has 1 atom stereocenters. The lowest BCUT2D eigenvalue weighted by Crippen LogP contribution is -2.35. The zero-order valence-electron chi connectivity index (χ0n) is 12.1. The van der Waals surface area contributed by atoms with Crippen LogP contribution in [0.2, 0.25) is 0 Å². The Hall–Kier alpha value is -1.56. The third kappa shape index (κ3) is 2.65. The summed E-state index contributed by atoms with van der Waals surface area (Å²) in [7, 11) is 1.80. The molecule has 1 aromatic heterocycles. The topological polar surface area (TPSA) is 58.8 Å². The molecule has 0 unspecified atom stereocenters. The van der Waals surface area contributed by atoms with Gasteiger partial charge in [0.1, 0.15) is 11.9 Å². The molecule has 0 bridgehead atoms. The number of rotatable bonds is 2. The molecule has 2 aliphatic rings. The first kappa shape index (κ1) is 13.4. The number of oxazole rings is 1. The molecule has 2 saturated heterocycles. The number of hydrogen-bond acceptors (Lipinski definition) is 5. The molecule has 3 rings (SSSR count). The Balaban J connectivity index is 1.61. The van der Waals surface area contributed by atoms with E-state index in [-0.39, 0.29) is 11.7 Å². The van der Waals surface area contributed by atoms with Gasteiger partial charge in [-0.05, 0) is 19.4 Å². The maximum atomic E-state index is 11.6. The van der Waals surface area contributed by atoms with E-state index in [1.165, 1.54) is 0 Å². The van der Waals surface area contributed by atoms with Crippen LogP contribution in [-0.2, 0) is 11.3 Å². The average Bonchev–Trinajstić information content (AvgIpc) is 2.84. The third-order valence-electron chi connectivity index (χ3n) is 4.18. The molecule has 1 spiro atoms. The van der Waals surface area contributed by atoms with Crippen molar-refractivity contribution < 1.29 is 13.9 Å². The number of nitrogens with zero attached hydrogens (tertiary/aromatic N) is 3. The highest BCUT2D eigenvalue weighted by Crippen LogP contribution is 2.32. The number of carbonyl (C=O) groups excluding carboxylic acids is 1. The number of hydrogen-bond donors (Lipinski definition) is 0. The van der Waals surface area contributed by atoms with Crippen LogP contribution in [0.15, 0.2) is 10.7 Å². The standard InChI is InChI=1S/C14H21N3O3/c1-11-15-12(9-19-11)8-17-6-3-4-14(5-7-17)10-16(2)13(18)20-14/h9H,3-8,10H2,1-2H3/t14-/m0/s1. The van der Waals surface area contributed by atoms with Gasteiger partial charge in [0.05, 0.1) is 12.2 Å². The summed E-state index contributed by atoms with van der Waals surface area (Å²) >= 11 is 0. The molecule has 20 heavy (non-hydrogen) atoms. The summed E-state index contributed by atoms with van der Waals surface area (Å²) < 4.78 is 10.9. The van der Waals surface area contributed by atoms with Gasteiger partial charge in [-0.2, -0.15) is 0 Å². The highest BCUT2D eigenvalue weighted by atomic mass is 16.6. The zero-order valence-corrected chi connectivity index (χ0v) is 12.1. The molecule has 0 aromatic carbocycles. The zero-order chi connectivity index (χ0) is 14.2. The van der Waals surface area contributed by atoms with E-state index in [1.807, 2.05) is 6.92 Å². The van der Waals surface area contributed by atoms with Gasteiger partial charge in [0, 0.05) is 33.5 Å². The second-order valence-corrected chi connectivity index (χ2v) is 5.89. The van der Waals surface area contributed by atoms with Crippen molar-refractivity contribution in [1.82, 2.24) is 14.8 Å². The molecule has 110 valence electrons. The molecule has 1 aromatic rings. The van der Waals surface area contributed by atoms with Gasteiger partial charge in [-0.3, -0.25) is 4.90 Å². The van der Waals surface area contributed by atoms with Gasteiger partial charge in [0.15, 0.2) is 5.89 Å². The number of ether oxygens (including phenoxy) is 1.